The van der Waals surface area contributed by atoms with Crippen LogP contribution in [0.1, 0.15) is 50.5 Å². The number of carbonyl (C=O) groups excluding carboxylic acids is 2. The van der Waals surface area contributed by atoms with Gasteiger partial charge in [-0.1, -0.05) is 43.0 Å². The Hall–Kier alpha value is -1.43. The topological polar surface area (TPSA) is 66.8 Å². The molecule has 1 spiro atoms. The van der Waals surface area contributed by atoms with Crippen LogP contribution in [0.25, 0.3) is 0 Å². The Morgan fingerprint density at radius 1 is 1.08 bits per heavy atom. The number of imide groups is 1. The summed E-state index contributed by atoms with van der Waals surface area (Å²) in [6, 6.07) is 7.28. The zero-order valence-electron chi connectivity index (χ0n) is 15.0. The van der Waals surface area contributed by atoms with Crippen LogP contribution in [0.5, 0.6) is 0 Å². The maximum atomic E-state index is 12.5. The molecule has 2 amide bonds. The van der Waals surface area contributed by atoms with Gasteiger partial charge in [0.2, 0.25) is 11.8 Å². The number of ether oxygens (including phenoxy) is 1. The van der Waals surface area contributed by atoms with Gasteiger partial charge < -0.3 is 9.84 Å². The first-order chi connectivity index (χ1) is 12.5. The molecule has 1 N–H and O–H groups in total. The van der Waals surface area contributed by atoms with Gasteiger partial charge in [-0.15, -0.1) is 0 Å². The van der Waals surface area contributed by atoms with Crippen LogP contribution in [-0.2, 0) is 20.9 Å². The van der Waals surface area contributed by atoms with Crippen molar-refractivity contribution in [3.05, 3.63) is 34.9 Å². The number of likely N-dealkylation sites (tertiary alicyclic amines) is 1. The van der Waals surface area contributed by atoms with Gasteiger partial charge in [0.05, 0.1) is 25.9 Å². The number of β-amino-alcohol motifs (C(OH)–C–C–N with tert-alkyl or cyclic N) is 1. The number of benzene rings is 1. The van der Waals surface area contributed by atoms with E-state index in [9.17, 15) is 14.7 Å². The summed E-state index contributed by atoms with van der Waals surface area (Å²) in [5.74, 6) is -0.306. The minimum absolute atomic E-state index is 0.00830. The number of hydrogen-bond acceptors (Lipinski definition) is 4. The van der Waals surface area contributed by atoms with Crippen molar-refractivity contribution in [2.45, 2.75) is 57.7 Å². The highest BCUT2D eigenvalue weighted by Crippen LogP contribution is 2.45. The van der Waals surface area contributed by atoms with Gasteiger partial charge in [0, 0.05) is 17.9 Å². The number of carbonyl (C=O) groups is 2. The molecule has 1 atom stereocenters. The van der Waals surface area contributed by atoms with E-state index in [-0.39, 0.29) is 30.4 Å². The number of amides is 2. The van der Waals surface area contributed by atoms with Crippen LogP contribution < -0.4 is 0 Å². The Balaban J connectivity index is 1.46. The summed E-state index contributed by atoms with van der Waals surface area (Å²) in [5, 5.41) is 10.8. The van der Waals surface area contributed by atoms with E-state index in [4.69, 9.17) is 16.3 Å². The van der Waals surface area contributed by atoms with E-state index in [1.165, 1.54) is 11.3 Å². The third-order valence-corrected chi connectivity index (χ3v) is 5.71. The zero-order valence-corrected chi connectivity index (χ0v) is 15.7. The fourth-order valence-corrected chi connectivity index (χ4v) is 4.18. The standard InChI is InChI=1S/C20H26ClNO4/c21-16-6-4-15(5-7-16)13-26-14-17(23)12-22-18(24)10-20(11-19(22)25)8-2-1-3-9-20/h4-7,17,23H,1-3,8-14H2/t17-/m0/s1. The minimum atomic E-state index is -0.879. The summed E-state index contributed by atoms with van der Waals surface area (Å²) < 4.78 is 5.50. The van der Waals surface area contributed by atoms with Crippen LogP contribution in [0.15, 0.2) is 24.3 Å². The smallest absolute Gasteiger partial charge is 0.229 e. The molecule has 6 heteroatoms. The molecular formula is C20H26ClNO4. The summed E-state index contributed by atoms with van der Waals surface area (Å²) in [7, 11) is 0. The number of hydrogen-bond donors (Lipinski definition) is 1. The molecule has 1 heterocycles. The van der Waals surface area contributed by atoms with Crippen LogP contribution in [0, 0.1) is 5.41 Å². The van der Waals surface area contributed by atoms with Crippen molar-refractivity contribution >= 4 is 23.4 Å². The van der Waals surface area contributed by atoms with E-state index in [2.05, 4.69) is 0 Å². The molecule has 1 saturated heterocycles. The molecule has 5 nitrogen and oxygen atoms in total. The van der Waals surface area contributed by atoms with Crippen LogP contribution in [-0.4, -0.2) is 41.1 Å². The van der Waals surface area contributed by atoms with Crippen LogP contribution >= 0.6 is 11.6 Å². The summed E-state index contributed by atoms with van der Waals surface area (Å²) in [4.78, 5) is 26.2. The Kier molecular flexibility index (Phi) is 6.33. The van der Waals surface area contributed by atoms with Crippen molar-refractivity contribution in [1.29, 1.82) is 0 Å². The number of halogens is 1. The highest BCUT2D eigenvalue weighted by Gasteiger charge is 2.44. The lowest BCUT2D eigenvalue weighted by Gasteiger charge is -2.42. The number of piperidine rings is 1. The summed E-state index contributed by atoms with van der Waals surface area (Å²) >= 11 is 5.84. The molecular weight excluding hydrogens is 354 g/mol. The fraction of sp³-hybridized carbons (Fsp3) is 0.600. The third-order valence-electron chi connectivity index (χ3n) is 5.45. The molecule has 1 aliphatic heterocycles. The number of rotatable bonds is 6. The average molecular weight is 380 g/mol. The van der Waals surface area contributed by atoms with Gasteiger partial charge in [0.15, 0.2) is 0 Å². The Morgan fingerprint density at radius 3 is 2.31 bits per heavy atom. The molecule has 0 aromatic heterocycles. The molecule has 1 aliphatic carbocycles. The summed E-state index contributed by atoms with van der Waals surface area (Å²) in [6.07, 6.45) is 5.29. The monoisotopic (exact) mass is 379 g/mol. The maximum absolute atomic E-state index is 12.5. The van der Waals surface area contributed by atoms with E-state index in [1.807, 2.05) is 12.1 Å². The van der Waals surface area contributed by atoms with Gasteiger partial charge in [0.25, 0.3) is 0 Å². The quantitative estimate of drug-likeness (QED) is 0.770. The highest BCUT2D eigenvalue weighted by atomic mass is 35.5. The second-order valence-corrected chi connectivity index (χ2v) is 8.04. The van der Waals surface area contributed by atoms with Crippen LogP contribution in [0.2, 0.25) is 5.02 Å². The number of aliphatic hydroxyl groups excluding tert-OH is 1. The van der Waals surface area contributed by atoms with E-state index in [0.29, 0.717) is 24.5 Å². The second-order valence-electron chi connectivity index (χ2n) is 7.61. The zero-order chi connectivity index (χ0) is 18.6. The van der Waals surface area contributed by atoms with Crippen LogP contribution in [0.3, 0.4) is 0 Å². The van der Waals surface area contributed by atoms with Crippen molar-refractivity contribution in [3.8, 4) is 0 Å². The molecule has 0 bridgehead atoms. The highest BCUT2D eigenvalue weighted by molar-refractivity contribution is 6.30. The largest absolute Gasteiger partial charge is 0.389 e. The van der Waals surface area contributed by atoms with Crippen molar-refractivity contribution in [1.82, 2.24) is 4.90 Å². The molecule has 2 aliphatic rings. The third kappa shape index (κ3) is 4.84. The van der Waals surface area contributed by atoms with Gasteiger partial charge >= 0.3 is 0 Å². The first-order valence-electron chi connectivity index (χ1n) is 9.31. The lowest BCUT2D eigenvalue weighted by molar-refractivity contribution is -0.157. The van der Waals surface area contributed by atoms with Crippen molar-refractivity contribution in [2.75, 3.05) is 13.2 Å². The normalized spacial score (nSPS) is 21.2. The molecule has 142 valence electrons. The van der Waals surface area contributed by atoms with Gasteiger partial charge in [-0.25, -0.2) is 0 Å². The van der Waals surface area contributed by atoms with Gasteiger partial charge in [-0.3, -0.25) is 14.5 Å². The molecule has 3 rings (SSSR count). The van der Waals surface area contributed by atoms with Crippen molar-refractivity contribution in [3.63, 3.8) is 0 Å². The van der Waals surface area contributed by atoms with Crippen molar-refractivity contribution < 1.29 is 19.4 Å². The molecule has 0 radical (unpaired) electrons. The Labute approximate surface area is 159 Å². The second kappa shape index (κ2) is 8.51. The molecule has 1 saturated carbocycles. The number of aliphatic hydroxyl groups is 1. The predicted molar refractivity (Wildman–Crippen MR) is 98.6 cm³/mol. The minimum Gasteiger partial charge on any atom is -0.389 e. The molecule has 26 heavy (non-hydrogen) atoms. The lowest BCUT2D eigenvalue weighted by Crippen LogP contribution is -2.51. The van der Waals surface area contributed by atoms with Crippen molar-refractivity contribution in [2.24, 2.45) is 5.41 Å². The summed E-state index contributed by atoms with van der Waals surface area (Å²) in [5.41, 5.74) is 0.824. The average Bonchev–Trinajstić information content (AvgIpc) is 2.61. The van der Waals surface area contributed by atoms with E-state index in [0.717, 1.165) is 31.2 Å². The van der Waals surface area contributed by atoms with E-state index < -0.39 is 6.10 Å². The Bertz CT molecular complexity index is 620. The molecule has 0 unspecified atom stereocenters. The number of nitrogens with zero attached hydrogens (tertiary/aromatic N) is 1. The maximum Gasteiger partial charge on any atom is 0.229 e. The van der Waals surface area contributed by atoms with Gasteiger partial charge in [0.1, 0.15) is 0 Å². The van der Waals surface area contributed by atoms with E-state index >= 15 is 0 Å². The first-order valence-corrected chi connectivity index (χ1v) is 9.69. The molecule has 1 aromatic carbocycles. The van der Waals surface area contributed by atoms with Gasteiger partial charge in [-0.2, -0.15) is 0 Å². The first kappa shape index (κ1) is 19.3. The fourth-order valence-electron chi connectivity index (χ4n) is 4.05. The molecule has 2 fully saturated rings. The predicted octanol–water partition coefficient (Wildman–Crippen LogP) is 3.32. The van der Waals surface area contributed by atoms with E-state index in [1.54, 1.807) is 12.1 Å². The SMILES string of the molecule is O=C1CC2(CCCCC2)CC(=O)N1C[C@H](O)COCc1ccc(Cl)cc1. The lowest BCUT2D eigenvalue weighted by atomic mass is 9.67. The summed E-state index contributed by atoms with van der Waals surface area (Å²) in [6.45, 7) is 0.429. The molecule has 1 aromatic rings. The van der Waals surface area contributed by atoms with Crippen LogP contribution in [0.4, 0.5) is 0 Å². The Morgan fingerprint density at radius 2 is 1.69 bits per heavy atom. The van der Waals surface area contributed by atoms with Gasteiger partial charge in [-0.05, 0) is 36.0 Å².